The van der Waals surface area contributed by atoms with E-state index in [4.69, 9.17) is 15.5 Å². The van der Waals surface area contributed by atoms with Crippen LogP contribution in [0, 0.1) is 6.92 Å². The molecule has 2 fully saturated rings. The van der Waals surface area contributed by atoms with Gasteiger partial charge in [-0.25, -0.2) is 0 Å². The Bertz CT molecular complexity index is 550. The maximum Gasteiger partial charge on any atom is 0.191 e. The van der Waals surface area contributed by atoms with Crippen molar-refractivity contribution in [2.24, 2.45) is 10.7 Å². The van der Waals surface area contributed by atoms with Crippen LogP contribution in [0.5, 0.6) is 0 Å². The fourth-order valence-corrected chi connectivity index (χ4v) is 3.14. The zero-order valence-corrected chi connectivity index (χ0v) is 14.2. The van der Waals surface area contributed by atoms with Crippen molar-refractivity contribution in [2.45, 2.75) is 31.8 Å². The Hall–Kier alpha value is -1.59. The van der Waals surface area contributed by atoms with Crippen LogP contribution in [0.3, 0.4) is 0 Å². The Morgan fingerprint density at radius 2 is 2.13 bits per heavy atom. The number of ether oxygens (including phenoxy) is 1. The predicted molar refractivity (Wildman–Crippen MR) is 93.6 cm³/mol. The number of aryl methyl sites for hydroxylation is 1. The van der Waals surface area contributed by atoms with Gasteiger partial charge in [-0.15, -0.1) is 0 Å². The van der Waals surface area contributed by atoms with Gasteiger partial charge in [-0.2, -0.15) is 0 Å². The van der Waals surface area contributed by atoms with E-state index in [9.17, 15) is 0 Å². The standard InChI is InChI=1S/C18H28N4O/c1-14-4-3-5-15(12-14)17(22-8-10-23-11-9-22)13-20-18(19)21(2)16-6-7-16/h3-5,12,16-17H,6-11,13H2,1-2H3,(H2,19,20). The number of benzene rings is 1. The van der Waals surface area contributed by atoms with Gasteiger partial charge in [0, 0.05) is 26.2 Å². The van der Waals surface area contributed by atoms with Crippen molar-refractivity contribution in [3.8, 4) is 0 Å². The van der Waals surface area contributed by atoms with Gasteiger partial charge in [-0.05, 0) is 25.3 Å². The molecule has 5 nitrogen and oxygen atoms in total. The molecule has 0 spiro atoms. The van der Waals surface area contributed by atoms with Gasteiger partial charge in [-0.1, -0.05) is 29.8 Å². The summed E-state index contributed by atoms with van der Waals surface area (Å²) in [7, 11) is 2.05. The lowest BCUT2D eigenvalue weighted by molar-refractivity contribution is 0.0179. The van der Waals surface area contributed by atoms with Crippen molar-refractivity contribution in [1.29, 1.82) is 0 Å². The number of aliphatic imine (C=N–C) groups is 1. The number of nitrogens with zero attached hydrogens (tertiary/aromatic N) is 3. The minimum Gasteiger partial charge on any atom is -0.379 e. The summed E-state index contributed by atoms with van der Waals surface area (Å²) < 4.78 is 5.50. The highest BCUT2D eigenvalue weighted by atomic mass is 16.5. The first-order chi connectivity index (χ1) is 11.1. The molecule has 2 N–H and O–H groups in total. The van der Waals surface area contributed by atoms with Crippen LogP contribution in [0.25, 0.3) is 0 Å². The maximum atomic E-state index is 6.18. The Kier molecular flexibility index (Phi) is 5.18. The fraction of sp³-hybridized carbons (Fsp3) is 0.611. The van der Waals surface area contributed by atoms with Crippen molar-refractivity contribution in [1.82, 2.24) is 9.80 Å². The Morgan fingerprint density at radius 3 is 2.78 bits per heavy atom. The first-order valence-electron chi connectivity index (χ1n) is 8.56. The third-order valence-electron chi connectivity index (χ3n) is 4.80. The SMILES string of the molecule is Cc1cccc(C(CN=C(N)N(C)C2CC2)N2CCOCC2)c1. The molecule has 1 aliphatic carbocycles. The second-order valence-electron chi connectivity index (χ2n) is 6.62. The zero-order chi connectivity index (χ0) is 16.2. The number of rotatable bonds is 5. The molecule has 23 heavy (non-hydrogen) atoms. The lowest BCUT2D eigenvalue weighted by atomic mass is 10.0. The lowest BCUT2D eigenvalue weighted by Gasteiger charge is -2.34. The summed E-state index contributed by atoms with van der Waals surface area (Å²) in [6.07, 6.45) is 2.47. The highest BCUT2D eigenvalue weighted by Crippen LogP contribution is 2.26. The second kappa shape index (κ2) is 7.32. The average molecular weight is 316 g/mol. The minimum atomic E-state index is 0.268. The molecule has 1 saturated heterocycles. The highest BCUT2D eigenvalue weighted by Gasteiger charge is 2.28. The van der Waals surface area contributed by atoms with E-state index in [1.165, 1.54) is 24.0 Å². The van der Waals surface area contributed by atoms with Crippen molar-refractivity contribution < 1.29 is 4.74 Å². The first kappa shape index (κ1) is 16.3. The van der Waals surface area contributed by atoms with Gasteiger partial charge in [0.2, 0.25) is 0 Å². The lowest BCUT2D eigenvalue weighted by Crippen LogP contribution is -2.41. The van der Waals surface area contributed by atoms with Gasteiger partial charge in [0.25, 0.3) is 0 Å². The van der Waals surface area contributed by atoms with E-state index in [1.54, 1.807) is 0 Å². The minimum absolute atomic E-state index is 0.268. The number of hydrogen-bond acceptors (Lipinski definition) is 3. The summed E-state index contributed by atoms with van der Waals surface area (Å²) in [6, 6.07) is 9.59. The summed E-state index contributed by atoms with van der Waals surface area (Å²) in [5.74, 6) is 0.665. The normalized spacial score (nSPS) is 21.2. The molecular weight excluding hydrogens is 288 g/mol. The molecule has 1 unspecified atom stereocenters. The topological polar surface area (TPSA) is 54.1 Å². The molecule has 0 radical (unpaired) electrons. The summed E-state index contributed by atoms with van der Waals surface area (Å²) >= 11 is 0. The molecule has 0 amide bonds. The Morgan fingerprint density at radius 1 is 1.39 bits per heavy atom. The molecule has 1 atom stereocenters. The van der Waals surface area contributed by atoms with Crippen molar-refractivity contribution >= 4 is 5.96 Å². The van der Waals surface area contributed by atoms with Crippen molar-refractivity contribution in [3.05, 3.63) is 35.4 Å². The maximum absolute atomic E-state index is 6.18. The van der Waals surface area contributed by atoms with Crippen LogP contribution in [0.4, 0.5) is 0 Å². The molecule has 5 heteroatoms. The number of hydrogen-bond donors (Lipinski definition) is 1. The number of nitrogens with two attached hydrogens (primary N) is 1. The molecule has 1 aliphatic heterocycles. The number of guanidine groups is 1. The van der Waals surface area contributed by atoms with Gasteiger partial charge in [0.1, 0.15) is 0 Å². The molecule has 126 valence electrons. The molecule has 1 aromatic carbocycles. The van der Waals surface area contributed by atoms with Gasteiger partial charge < -0.3 is 15.4 Å². The molecule has 3 rings (SSSR count). The van der Waals surface area contributed by atoms with Crippen molar-refractivity contribution in [3.63, 3.8) is 0 Å². The van der Waals surface area contributed by atoms with E-state index >= 15 is 0 Å². The van der Waals surface area contributed by atoms with Crippen LogP contribution in [0.15, 0.2) is 29.3 Å². The fourth-order valence-electron chi connectivity index (χ4n) is 3.14. The van der Waals surface area contributed by atoms with E-state index in [0.29, 0.717) is 18.5 Å². The van der Waals surface area contributed by atoms with E-state index in [1.807, 2.05) is 7.05 Å². The van der Waals surface area contributed by atoms with Crippen LogP contribution in [0.1, 0.15) is 30.0 Å². The van der Waals surface area contributed by atoms with Crippen LogP contribution >= 0.6 is 0 Å². The smallest absolute Gasteiger partial charge is 0.191 e. The zero-order valence-electron chi connectivity index (χ0n) is 14.2. The highest BCUT2D eigenvalue weighted by molar-refractivity contribution is 5.78. The van der Waals surface area contributed by atoms with Crippen LogP contribution in [-0.4, -0.2) is 61.7 Å². The van der Waals surface area contributed by atoms with Gasteiger partial charge >= 0.3 is 0 Å². The Balaban J connectivity index is 1.75. The molecule has 2 aliphatic rings. The average Bonchev–Trinajstić information content (AvgIpc) is 3.40. The van der Waals surface area contributed by atoms with Crippen LogP contribution in [0.2, 0.25) is 0 Å². The van der Waals surface area contributed by atoms with Crippen LogP contribution in [-0.2, 0) is 4.74 Å². The van der Waals surface area contributed by atoms with E-state index in [0.717, 1.165) is 26.3 Å². The molecule has 1 aromatic rings. The molecule has 0 bridgehead atoms. The summed E-state index contributed by atoms with van der Waals surface area (Å²) in [4.78, 5) is 9.29. The van der Waals surface area contributed by atoms with Gasteiger partial charge in [0.15, 0.2) is 5.96 Å². The first-order valence-corrected chi connectivity index (χ1v) is 8.56. The Labute approximate surface area is 139 Å². The van der Waals surface area contributed by atoms with E-state index < -0.39 is 0 Å². The molecular formula is C18H28N4O. The summed E-state index contributed by atoms with van der Waals surface area (Å²) in [5.41, 5.74) is 8.78. The van der Waals surface area contributed by atoms with E-state index in [2.05, 4.69) is 41.0 Å². The monoisotopic (exact) mass is 316 g/mol. The molecule has 0 aromatic heterocycles. The molecule has 1 heterocycles. The predicted octanol–water partition coefficient (Wildman–Crippen LogP) is 1.78. The third-order valence-corrected chi connectivity index (χ3v) is 4.80. The van der Waals surface area contributed by atoms with Crippen LogP contribution < -0.4 is 5.73 Å². The van der Waals surface area contributed by atoms with Gasteiger partial charge in [-0.3, -0.25) is 9.89 Å². The van der Waals surface area contributed by atoms with E-state index in [-0.39, 0.29) is 6.04 Å². The summed E-state index contributed by atoms with van der Waals surface area (Å²) in [5, 5.41) is 0. The van der Waals surface area contributed by atoms with Crippen molar-refractivity contribution in [2.75, 3.05) is 39.9 Å². The second-order valence-corrected chi connectivity index (χ2v) is 6.62. The quantitative estimate of drug-likeness (QED) is 0.664. The van der Waals surface area contributed by atoms with Gasteiger partial charge in [0.05, 0.1) is 25.8 Å². The molecule has 1 saturated carbocycles. The third kappa shape index (κ3) is 4.24. The largest absolute Gasteiger partial charge is 0.379 e. The summed E-state index contributed by atoms with van der Waals surface area (Å²) in [6.45, 7) is 6.33. The number of morpholine rings is 1.